The van der Waals surface area contributed by atoms with E-state index in [9.17, 15) is 18.0 Å². The Balaban J connectivity index is 2.13. The molecule has 8 heteroatoms. The molecule has 1 saturated heterocycles. The van der Waals surface area contributed by atoms with Gasteiger partial charge in [0.05, 0.1) is 11.9 Å². The topological polar surface area (TPSA) is 78.0 Å². The zero-order valence-corrected chi connectivity index (χ0v) is 16.7. The third-order valence-corrected chi connectivity index (χ3v) is 5.80. The van der Waals surface area contributed by atoms with Crippen LogP contribution >= 0.6 is 0 Å². The first-order valence-electron chi connectivity index (χ1n) is 8.66. The molecule has 0 aromatic heterocycles. The number of rotatable bonds is 6. The van der Waals surface area contributed by atoms with Crippen molar-refractivity contribution in [3.63, 3.8) is 0 Å². The van der Waals surface area contributed by atoms with Crippen LogP contribution in [0.1, 0.15) is 23.1 Å². The van der Waals surface area contributed by atoms with Crippen LogP contribution < -0.4 is 4.31 Å². The summed E-state index contributed by atoms with van der Waals surface area (Å²) in [6.45, 7) is 7.84. The smallest absolute Gasteiger partial charge is 0.232 e. The van der Waals surface area contributed by atoms with Gasteiger partial charge in [0.25, 0.3) is 0 Å². The standard InChI is InChI=1S/C18H27N3O4S/c1-14-11-15(2)18(16(3)12-14)21(26(4,24)25)6-5-17(23)20-9-7-19(13-22)8-10-20/h11-13H,5-10H2,1-4H3. The van der Waals surface area contributed by atoms with Crippen LogP contribution in [0, 0.1) is 20.8 Å². The number of carbonyl (C=O) groups excluding carboxylic acids is 2. The molecule has 0 unspecified atom stereocenters. The van der Waals surface area contributed by atoms with E-state index in [0.29, 0.717) is 31.9 Å². The monoisotopic (exact) mass is 381 g/mol. The second-order valence-corrected chi connectivity index (χ2v) is 8.76. The van der Waals surface area contributed by atoms with Crippen molar-refractivity contribution in [2.45, 2.75) is 27.2 Å². The molecule has 0 radical (unpaired) electrons. The van der Waals surface area contributed by atoms with Crippen LogP contribution in [0.3, 0.4) is 0 Å². The number of hydrogen-bond donors (Lipinski definition) is 0. The first-order valence-corrected chi connectivity index (χ1v) is 10.5. The van der Waals surface area contributed by atoms with E-state index >= 15 is 0 Å². The maximum Gasteiger partial charge on any atom is 0.232 e. The number of nitrogens with zero attached hydrogens (tertiary/aromatic N) is 3. The molecule has 2 amide bonds. The third-order valence-electron chi connectivity index (χ3n) is 4.63. The highest BCUT2D eigenvalue weighted by atomic mass is 32.2. The second-order valence-electron chi connectivity index (χ2n) is 6.85. The fourth-order valence-electron chi connectivity index (χ4n) is 3.44. The molecule has 0 N–H and O–H groups in total. The maximum atomic E-state index is 12.5. The normalized spacial score (nSPS) is 15.1. The Bertz CT molecular complexity index is 761. The van der Waals surface area contributed by atoms with Gasteiger partial charge >= 0.3 is 0 Å². The van der Waals surface area contributed by atoms with Gasteiger partial charge in [0.15, 0.2) is 0 Å². The van der Waals surface area contributed by atoms with Gasteiger partial charge in [-0.25, -0.2) is 8.42 Å². The Kier molecular flexibility index (Phi) is 6.28. The molecule has 26 heavy (non-hydrogen) atoms. The second kappa shape index (κ2) is 8.07. The van der Waals surface area contributed by atoms with Crippen molar-refractivity contribution in [1.82, 2.24) is 9.80 Å². The van der Waals surface area contributed by atoms with Gasteiger partial charge < -0.3 is 9.80 Å². The molecule has 0 bridgehead atoms. The van der Waals surface area contributed by atoms with Crippen LogP contribution in [-0.4, -0.2) is 69.5 Å². The molecule has 1 aromatic carbocycles. The molecule has 1 aliphatic heterocycles. The van der Waals surface area contributed by atoms with Crippen molar-refractivity contribution >= 4 is 28.0 Å². The molecule has 1 heterocycles. The van der Waals surface area contributed by atoms with Crippen LogP contribution in [0.2, 0.25) is 0 Å². The summed E-state index contributed by atoms with van der Waals surface area (Å²) < 4.78 is 26.0. The summed E-state index contributed by atoms with van der Waals surface area (Å²) in [4.78, 5) is 26.6. The quantitative estimate of drug-likeness (QED) is 0.691. The molecule has 7 nitrogen and oxygen atoms in total. The van der Waals surface area contributed by atoms with E-state index in [1.165, 1.54) is 10.6 Å². The molecule has 1 fully saturated rings. The van der Waals surface area contributed by atoms with Crippen molar-refractivity contribution < 1.29 is 18.0 Å². The number of hydrogen-bond acceptors (Lipinski definition) is 4. The molecule has 144 valence electrons. The van der Waals surface area contributed by atoms with Crippen molar-refractivity contribution in [3.8, 4) is 0 Å². The molecule has 1 aliphatic rings. The Morgan fingerprint density at radius 2 is 1.65 bits per heavy atom. The van der Waals surface area contributed by atoms with Crippen molar-refractivity contribution in [3.05, 3.63) is 28.8 Å². The van der Waals surface area contributed by atoms with E-state index < -0.39 is 10.0 Å². The van der Waals surface area contributed by atoms with Crippen LogP contribution in [0.4, 0.5) is 5.69 Å². The van der Waals surface area contributed by atoms with Crippen LogP contribution in [0.25, 0.3) is 0 Å². The lowest BCUT2D eigenvalue weighted by Gasteiger charge is -2.33. The lowest BCUT2D eigenvalue weighted by Crippen LogP contribution is -2.48. The van der Waals surface area contributed by atoms with Gasteiger partial charge in [0, 0.05) is 39.1 Å². The zero-order valence-electron chi connectivity index (χ0n) is 15.9. The van der Waals surface area contributed by atoms with E-state index in [2.05, 4.69) is 0 Å². The molecule has 0 aliphatic carbocycles. The minimum atomic E-state index is -3.51. The van der Waals surface area contributed by atoms with Gasteiger partial charge in [-0.05, 0) is 31.9 Å². The average molecular weight is 381 g/mol. The molecule has 0 atom stereocenters. The number of aryl methyl sites for hydroxylation is 3. The Labute approximate surface area is 155 Å². The summed E-state index contributed by atoms with van der Waals surface area (Å²) >= 11 is 0. The number of amides is 2. The number of sulfonamides is 1. The number of benzene rings is 1. The molecule has 0 saturated carbocycles. The van der Waals surface area contributed by atoms with E-state index in [1.54, 1.807) is 9.80 Å². The maximum absolute atomic E-state index is 12.5. The first kappa shape index (κ1) is 20.2. The first-order chi connectivity index (χ1) is 12.1. The number of piperazine rings is 1. The van der Waals surface area contributed by atoms with Gasteiger partial charge in [-0.3, -0.25) is 13.9 Å². The van der Waals surface area contributed by atoms with Gasteiger partial charge in [-0.1, -0.05) is 17.7 Å². The zero-order chi connectivity index (χ0) is 19.5. The summed E-state index contributed by atoms with van der Waals surface area (Å²) in [5, 5.41) is 0. The molecular formula is C18H27N3O4S. The van der Waals surface area contributed by atoms with E-state index in [-0.39, 0.29) is 18.9 Å². The minimum absolute atomic E-state index is 0.0911. The van der Waals surface area contributed by atoms with E-state index in [4.69, 9.17) is 0 Å². The number of carbonyl (C=O) groups is 2. The molecular weight excluding hydrogens is 354 g/mol. The van der Waals surface area contributed by atoms with Crippen LogP contribution in [0.15, 0.2) is 12.1 Å². The van der Waals surface area contributed by atoms with Gasteiger partial charge in [0.2, 0.25) is 22.3 Å². The van der Waals surface area contributed by atoms with Crippen LogP contribution in [-0.2, 0) is 19.6 Å². The van der Waals surface area contributed by atoms with Gasteiger partial charge in [-0.15, -0.1) is 0 Å². The highest BCUT2D eigenvalue weighted by Gasteiger charge is 2.25. The average Bonchev–Trinajstić information content (AvgIpc) is 2.55. The van der Waals surface area contributed by atoms with Gasteiger partial charge in [0.1, 0.15) is 0 Å². The predicted octanol–water partition coefficient (Wildman–Crippen LogP) is 1.07. The summed E-state index contributed by atoms with van der Waals surface area (Å²) in [6, 6.07) is 3.89. The van der Waals surface area contributed by atoms with Crippen molar-refractivity contribution in [2.75, 3.05) is 43.3 Å². The van der Waals surface area contributed by atoms with Crippen molar-refractivity contribution in [1.29, 1.82) is 0 Å². The van der Waals surface area contributed by atoms with E-state index in [1.807, 2.05) is 32.9 Å². The van der Waals surface area contributed by atoms with E-state index in [0.717, 1.165) is 23.1 Å². The Morgan fingerprint density at radius 1 is 1.12 bits per heavy atom. The molecule has 0 spiro atoms. The van der Waals surface area contributed by atoms with Gasteiger partial charge in [-0.2, -0.15) is 0 Å². The summed E-state index contributed by atoms with van der Waals surface area (Å²) in [5.74, 6) is -0.0911. The molecule has 1 aromatic rings. The fourth-order valence-corrected chi connectivity index (χ4v) is 4.48. The SMILES string of the molecule is Cc1cc(C)c(N(CCC(=O)N2CCN(C=O)CC2)S(C)(=O)=O)c(C)c1. The minimum Gasteiger partial charge on any atom is -0.342 e. The summed E-state index contributed by atoms with van der Waals surface area (Å²) in [5.41, 5.74) is 3.47. The Morgan fingerprint density at radius 3 is 2.12 bits per heavy atom. The number of anilines is 1. The highest BCUT2D eigenvalue weighted by Crippen LogP contribution is 2.28. The molecule has 2 rings (SSSR count). The third kappa shape index (κ3) is 4.75. The highest BCUT2D eigenvalue weighted by molar-refractivity contribution is 7.92. The van der Waals surface area contributed by atoms with Crippen LogP contribution in [0.5, 0.6) is 0 Å². The lowest BCUT2D eigenvalue weighted by atomic mass is 10.0. The largest absolute Gasteiger partial charge is 0.342 e. The fraction of sp³-hybridized carbons (Fsp3) is 0.556. The Hall–Kier alpha value is -2.09. The predicted molar refractivity (Wildman–Crippen MR) is 102 cm³/mol. The lowest BCUT2D eigenvalue weighted by molar-refractivity contribution is -0.134. The summed E-state index contributed by atoms with van der Waals surface area (Å²) in [7, 11) is -3.51. The van der Waals surface area contributed by atoms with Crippen molar-refractivity contribution in [2.24, 2.45) is 0 Å². The summed E-state index contributed by atoms with van der Waals surface area (Å²) in [6.07, 6.45) is 2.07.